The van der Waals surface area contributed by atoms with Crippen LogP contribution in [0.15, 0.2) is 0 Å². The van der Waals surface area contributed by atoms with Crippen LogP contribution in [0.3, 0.4) is 0 Å². The van der Waals surface area contributed by atoms with E-state index in [1.54, 1.807) is 0 Å². The van der Waals surface area contributed by atoms with Crippen molar-refractivity contribution in [2.75, 3.05) is 0 Å². The van der Waals surface area contributed by atoms with Crippen LogP contribution < -0.4 is 0 Å². The number of hydrogen-bond donors (Lipinski definition) is 0. The Morgan fingerprint density at radius 1 is 1.27 bits per heavy atom. The van der Waals surface area contributed by atoms with Crippen molar-refractivity contribution in [3.05, 3.63) is 0 Å². The molecular weight excluding hydrogens is 136 g/mol. The first-order valence-electron chi connectivity index (χ1n) is 4.80. The largest absolute Gasteiger partial charge is 0.375 e. The second-order valence-corrected chi connectivity index (χ2v) is 3.97. The molecule has 0 radical (unpaired) electrons. The highest BCUT2D eigenvalue weighted by atomic mass is 16.5. The van der Waals surface area contributed by atoms with Gasteiger partial charge in [0.25, 0.3) is 0 Å². The fourth-order valence-electron chi connectivity index (χ4n) is 2.05. The van der Waals surface area contributed by atoms with Crippen molar-refractivity contribution >= 4 is 0 Å². The molecule has 0 aromatic carbocycles. The van der Waals surface area contributed by atoms with Gasteiger partial charge in [0.2, 0.25) is 0 Å². The SMILES string of the molecule is CCC1OC(C)C[C@@H](C)[C@@H]1C. The topological polar surface area (TPSA) is 9.23 Å². The maximum Gasteiger partial charge on any atom is 0.0604 e. The zero-order chi connectivity index (χ0) is 8.43. The van der Waals surface area contributed by atoms with Gasteiger partial charge in [0.15, 0.2) is 0 Å². The third-order valence-corrected chi connectivity index (χ3v) is 3.00. The summed E-state index contributed by atoms with van der Waals surface area (Å²) < 4.78 is 5.82. The molecule has 1 fully saturated rings. The van der Waals surface area contributed by atoms with Crippen LogP contribution in [0.25, 0.3) is 0 Å². The molecule has 0 aromatic rings. The molecule has 1 heterocycles. The maximum atomic E-state index is 5.82. The molecule has 1 nitrogen and oxygen atoms in total. The molecule has 66 valence electrons. The van der Waals surface area contributed by atoms with Gasteiger partial charge in [-0.3, -0.25) is 0 Å². The molecule has 1 aliphatic rings. The molecule has 0 bridgehead atoms. The van der Waals surface area contributed by atoms with Gasteiger partial charge >= 0.3 is 0 Å². The highest BCUT2D eigenvalue weighted by Gasteiger charge is 2.29. The molecule has 1 rings (SSSR count). The average Bonchev–Trinajstić information content (AvgIpc) is 1.96. The third kappa shape index (κ3) is 1.96. The van der Waals surface area contributed by atoms with Gasteiger partial charge in [0.05, 0.1) is 12.2 Å². The standard InChI is InChI=1S/C10H20O/c1-5-10-9(4)7(2)6-8(3)11-10/h7-10H,5-6H2,1-4H3/t7-,8?,9+,10?/m1/s1. The molecule has 0 aliphatic carbocycles. The van der Waals surface area contributed by atoms with Crippen LogP contribution in [-0.2, 0) is 4.74 Å². The van der Waals surface area contributed by atoms with Crippen molar-refractivity contribution in [2.45, 2.75) is 52.7 Å². The summed E-state index contributed by atoms with van der Waals surface area (Å²) in [4.78, 5) is 0. The summed E-state index contributed by atoms with van der Waals surface area (Å²) in [6, 6.07) is 0. The van der Waals surface area contributed by atoms with Gasteiger partial charge in [-0.2, -0.15) is 0 Å². The number of ether oxygens (including phenoxy) is 1. The predicted molar refractivity (Wildman–Crippen MR) is 47.6 cm³/mol. The van der Waals surface area contributed by atoms with Crippen LogP contribution in [0.4, 0.5) is 0 Å². The van der Waals surface area contributed by atoms with Crippen LogP contribution in [0, 0.1) is 11.8 Å². The van der Waals surface area contributed by atoms with Crippen molar-refractivity contribution in [1.82, 2.24) is 0 Å². The molecule has 1 saturated heterocycles. The summed E-state index contributed by atoms with van der Waals surface area (Å²) in [5.74, 6) is 1.58. The van der Waals surface area contributed by atoms with E-state index in [0.29, 0.717) is 12.2 Å². The normalized spacial score (nSPS) is 45.8. The van der Waals surface area contributed by atoms with E-state index in [-0.39, 0.29) is 0 Å². The van der Waals surface area contributed by atoms with Gasteiger partial charge in [-0.1, -0.05) is 20.8 Å². The van der Waals surface area contributed by atoms with Gasteiger partial charge in [-0.25, -0.2) is 0 Å². The van der Waals surface area contributed by atoms with Crippen LogP contribution in [0.2, 0.25) is 0 Å². The molecule has 0 amide bonds. The summed E-state index contributed by atoms with van der Waals surface area (Å²) in [6.07, 6.45) is 3.38. The minimum Gasteiger partial charge on any atom is -0.375 e. The van der Waals surface area contributed by atoms with Crippen LogP contribution in [0.1, 0.15) is 40.5 Å². The lowest BCUT2D eigenvalue weighted by molar-refractivity contribution is -0.0935. The van der Waals surface area contributed by atoms with E-state index in [2.05, 4.69) is 27.7 Å². The van der Waals surface area contributed by atoms with Crippen molar-refractivity contribution in [3.63, 3.8) is 0 Å². The molecular formula is C10H20O. The van der Waals surface area contributed by atoms with E-state index >= 15 is 0 Å². The summed E-state index contributed by atoms with van der Waals surface area (Å²) >= 11 is 0. The fraction of sp³-hybridized carbons (Fsp3) is 1.00. The van der Waals surface area contributed by atoms with E-state index < -0.39 is 0 Å². The Labute approximate surface area is 70.1 Å². The quantitative estimate of drug-likeness (QED) is 0.567. The first kappa shape index (κ1) is 9.05. The average molecular weight is 156 g/mol. The third-order valence-electron chi connectivity index (χ3n) is 3.00. The van der Waals surface area contributed by atoms with Gasteiger partial charge in [0.1, 0.15) is 0 Å². The second kappa shape index (κ2) is 3.57. The molecule has 0 N–H and O–H groups in total. The van der Waals surface area contributed by atoms with Crippen LogP contribution >= 0.6 is 0 Å². The summed E-state index contributed by atoms with van der Waals surface area (Å²) in [6.45, 7) is 9.05. The molecule has 4 atom stereocenters. The second-order valence-electron chi connectivity index (χ2n) is 3.97. The minimum absolute atomic E-state index is 0.478. The number of rotatable bonds is 1. The lowest BCUT2D eigenvalue weighted by Gasteiger charge is -2.37. The number of hydrogen-bond acceptors (Lipinski definition) is 1. The lowest BCUT2D eigenvalue weighted by atomic mass is 9.83. The molecule has 0 aromatic heterocycles. The van der Waals surface area contributed by atoms with Gasteiger partial charge in [-0.15, -0.1) is 0 Å². The maximum absolute atomic E-state index is 5.82. The first-order valence-corrected chi connectivity index (χ1v) is 4.80. The van der Waals surface area contributed by atoms with Crippen molar-refractivity contribution in [2.24, 2.45) is 11.8 Å². The van der Waals surface area contributed by atoms with E-state index in [1.807, 2.05) is 0 Å². The highest BCUT2D eigenvalue weighted by molar-refractivity contribution is 4.78. The molecule has 1 aliphatic heterocycles. The fourth-order valence-corrected chi connectivity index (χ4v) is 2.05. The Balaban J connectivity index is 2.51. The summed E-state index contributed by atoms with van der Waals surface area (Å²) in [7, 11) is 0. The molecule has 0 saturated carbocycles. The van der Waals surface area contributed by atoms with E-state index in [0.717, 1.165) is 18.3 Å². The molecule has 2 unspecified atom stereocenters. The molecule has 11 heavy (non-hydrogen) atoms. The Kier molecular flexibility index (Phi) is 2.94. The highest BCUT2D eigenvalue weighted by Crippen LogP contribution is 2.31. The lowest BCUT2D eigenvalue weighted by Crippen LogP contribution is -2.37. The van der Waals surface area contributed by atoms with Gasteiger partial charge in [0, 0.05) is 0 Å². The smallest absolute Gasteiger partial charge is 0.0604 e. The zero-order valence-electron chi connectivity index (χ0n) is 8.13. The minimum atomic E-state index is 0.478. The monoisotopic (exact) mass is 156 g/mol. The van der Waals surface area contributed by atoms with E-state index in [4.69, 9.17) is 4.74 Å². The van der Waals surface area contributed by atoms with E-state index in [1.165, 1.54) is 6.42 Å². The molecule has 1 heteroatoms. The van der Waals surface area contributed by atoms with Crippen LogP contribution in [-0.4, -0.2) is 12.2 Å². The van der Waals surface area contributed by atoms with Crippen LogP contribution in [0.5, 0.6) is 0 Å². The van der Waals surface area contributed by atoms with E-state index in [9.17, 15) is 0 Å². The predicted octanol–water partition coefficient (Wildman–Crippen LogP) is 2.85. The Hall–Kier alpha value is -0.0400. The Morgan fingerprint density at radius 3 is 2.45 bits per heavy atom. The van der Waals surface area contributed by atoms with Crippen molar-refractivity contribution in [3.8, 4) is 0 Å². The van der Waals surface area contributed by atoms with Gasteiger partial charge < -0.3 is 4.74 Å². The Bertz CT molecular complexity index is 122. The first-order chi connectivity index (χ1) is 5.15. The zero-order valence-corrected chi connectivity index (χ0v) is 8.13. The summed E-state index contributed by atoms with van der Waals surface area (Å²) in [5.41, 5.74) is 0. The van der Waals surface area contributed by atoms with Gasteiger partial charge in [-0.05, 0) is 31.6 Å². The van der Waals surface area contributed by atoms with Crippen molar-refractivity contribution in [1.29, 1.82) is 0 Å². The Morgan fingerprint density at radius 2 is 1.91 bits per heavy atom. The summed E-state index contributed by atoms with van der Waals surface area (Å²) in [5, 5.41) is 0. The van der Waals surface area contributed by atoms with Crippen molar-refractivity contribution < 1.29 is 4.74 Å². The molecule has 0 spiro atoms.